The van der Waals surface area contributed by atoms with Gasteiger partial charge in [0.25, 0.3) is 5.91 Å². The van der Waals surface area contributed by atoms with Crippen LogP contribution in [0.3, 0.4) is 0 Å². The SMILES string of the molecule is Cc1ccc(NC(=O)C(C)(C)C)cc1NC(=O)c1ccn(C2CCCNC2)n1. The lowest BCUT2D eigenvalue weighted by atomic mass is 9.95. The van der Waals surface area contributed by atoms with E-state index >= 15 is 0 Å². The lowest BCUT2D eigenvalue weighted by molar-refractivity contribution is -0.123. The molecule has 1 aromatic heterocycles. The molecule has 1 aromatic carbocycles. The number of aromatic nitrogens is 2. The van der Waals surface area contributed by atoms with Crippen LogP contribution < -0.4 is 16.0 Å². The van der Waals surface area contributed by atoms with Gasteiger partial charge in [-0.15, -0.1) is 0 Å². The smallest absolute Gasteiger partial charge is 0.276 e. The summed E-state index contributed by atoms with van der Waals surface area (Å²) in [7, 11) is 0. The van der Waals surface area contributed by atoms with Crippen molar-refractivity contribution in [3.05, 3.63) is 41.7 Å². The molecule has 0 radical (unpaired) electrons. The number of nitrogens with zero attached hydrogens (tertiary/aromatic N) is 2. The molecule has 28 heavy (non-hydrogen) atoms. The summed E-state index contributed by atoms with van der Waals surface area (Å²) < 4.78 is 1.87. The maximum absolute atomic E-state index is 12.7. The van der Waals surface area contributed by atoms with Crippen molar-refractivity contribution in [3.8, 4) is 0 Å². The van der Waals surface area contributed by atoms with E-state index in [1.54, 1.807) is 12.1 Å². The highest BCUT2D eigenvalue weighted by Gasteiger charge is 2.22. The first kappa shape index (κ1) is 20.1. The molecule has 1 aliphatic heterocycles. The molecular weight excluding hydrogens is 354 g/mol. The second kappa shape index (κ2) is 8.14. The van der Waals surface area contributed by atoms with E-state index in [1.807, 2.05) is 50.7 Å². The van der Waals surface area contributed by atoms with E-state index in [2.05, 4.69) is 21.0 Å². The second-order valence-electron chi connectivity index (χ2n) is 8.37. The van der Waals surface area contributed by atoms with Gasteiger partial charge >= 0.3 is 0 Å². The standard InChI is InChI=1S/C21H29N5O2/c1-14-7-8-15(23-20(28)21(2,3)4)12-18(14)24-19(27)17-9-11-26(25-17)16-6-5-10-22-13-16/h7-9,11-12,16,22H,5-6,10,13H2,1-4H3,(H,23,28)(H,24,27). The fourth-order valence-electron chi connectivity index (χ4n) is 3.06. The molecule has 3 N–H and O–H groups in total. The van der Waals surface area contributed by atoms with Crippen molar-refractivity contribution in [2.75, 3.05) is 23.7 Å². The first-order valence-corrected chi connectivity index (χ1v) is 9.73. The van der Waals surface area contributed by atoms with E-state index < -0.39 is 5.41 Å². The van der Waals surface area contributed by atoms with E-state index in [0.29, 0.717) is 17.1 Å². The van der Waals surface area contributed by atoms with Crippen molar-refractivity contribution in [1.29, 1.82) is 0 Å². The van der Waals surface area contributed by atoms with Crippen LogP contribution in [0.25, 0.3) is 0 Å². The molecule has 0 bridgehead atoms. The van der Waals surface area contributed by atoms with Crippen LogP contribution in [-0.2, 0) is 4.79 Å². The van der Waals surface area contributed by atoms with Crippen molar-refractivity contribution in [1.82, 2.24) is 15.1 Å². The summed E-state index contributed by atoms with van der Waals surface area (Å²) in [6.45, 7) is 9.40. The summed E-state index contributed by atoms with van der Waals surface area (Å²) in [4.78, 5) is 24.9. The Bertz CT molecular complexity index is 860. The molecule has 0 spiro atoms. The van der Waals surface area contributed by atoms with Crippen LogP contribution in [0.2, 0.25) is 0 Å². The Kier molecular flexibility index (Phi) is 5.84. The number of amides is 2. The molecule has 1 unspecified atom stereocenters. The monoisotopic (exact) mass is 383 g/mol. The molecule has 2 amide bonds. The number of hydrogen-bond donors (Lipinski definition) is 3. The lowest BCUT2D eigenvalue weighted by Gasteiger charge is -2.22. The molecule has 0 aliphatic carbocycles. The summed E-state index contributed by atoms with van der Waals surface area (Å²) in [6, 6.07) is 7.51. The van der Waals surface area contributed by atoms with Gasteiger partial charge < -0.3 is 16.0 Å². The van der Waals surface area contributed by atoms with Crippen molar-refractivity contribution >= 4 is 23.2 Å². The summed E-state index contributed by atoms with van der Waals surface area (Å²) in [5, 5.41) is 13.6. The summed E-state index contributed by atoms with van der Waals surface area (Å²) in [6.07, 6.45) is 4.03. The van der Waals surface area contributed by atoms with Crippen LogP contribution in [0.5, 0.6) is 0 Å². The molecule has 2 heterocycles. The van der Waals surface area contributed by atoms with Crippen LogP contribution in [0.1, 0.15) is 55.7 Å². The normalized spacial score (nSPS) is 17.2. The number of piperidine rings is 1. The van der Waals surface area contributed by atoms with Gasteiger partial charge in [0.1, 0.15) is 0 Å². The third-order valence-corrected chi connectivity index (χ3v) is 4.91. The Hall–Kier alpha value is -2.67. The van der Waals surface area contributed by atoms with Gasteiger partial charge in [-0.05, 0) is 50.1 Å². The van der Waals surface area contributed by atoms with Gasteiger partial charge in [-0.1, -0.05) is 26.8 Å². The maximum atomic E-state index is 12.7. The molecular formula is C21H29N5O2. The highest BCUT2D eigenvalue weighted by Crippen LogP contribution is 2.23. The number of rotatable bonds is 4. The van der Waals surface area contributed by atoms with Gasteiger partial charge in [0.15, 0.2) is 5.69 Å². The summed E-state index contributed by atoms with van der Waals surface area (Å²) >= 11 is 0. The highest BCUT2D eigenvalue weighted by molar-refractivity contribution is 6.04. The minimum Gasteiger partial charge on any atom is -0.326 e. The van der Waals surface area contributed by atoms with Crippen molar-refractivity contribution in [2.24, 2.45) is 5.41 Å². The Balaban J connectivity index is 1.70. The Morgan fingerprint density at radius 3 is 2.68 bits per heavy atom. The van der Waals surface area contributed by atoms with Gasteiger partial charge in [-0.2, -0.15) is 5.10 Å². The summed E-state index contributed by atoms with van der Waals surface area (Å²) in [5.41, 5.74) is 2.12. The van der Waals surface area contributed by atoms with Crippen molar-refractivity contribution < 1.29 is 9.59 Å². The zero-order chi connectivity index (χ0) is 20.3. The van der Waals surface area contributed by atoms with Crippen LogP contribution in [-0.4, -0.2) is 34.7 Å². The first-order valence-electron chi connectivity index (χ1n) is 9.73. The largest absolute Gasteiger partial charge is 0.326 e. The number of anilines is 2. The second-order valence-corrected chi connectivity index (χ2v) is 8.37. The molecule has 1 fully saturated rings. The molecule has 7 heteroatoms. The molecule has 0 saturated carbocycles. The van der Waals surface area contributed by atoms with Crippen LogP contribution in [0.15, 0.2) is 30.5 Å². The van der Waals surface area contributed by atoms with E-state index in [1.165, 1.54) is 0 Å². The van der Waals surface area contributed by atoms with E-state index in [9.17, 15) is 9.59 Å². The molecule has 2 aromatic rings. The average Bonchev–Trinajstić information content (AvgIpc) is 3.15. The zero-order valence-electron chi connectivity index (χ0n) is 17.0. The van der Waals surface area contributed by atoms with E-state index in [4.69, 9.17) is 0 Å². The van der Waals surface area contributed by atoms with E-state index in [0.717, 1.165) is 31.5 Å². The fraction of sp³-hybridized carbons (Fsp3) is 0.476. The Labute approximate surface area is 165 Å². The van der Waals surface area contributed by atoms with Crippen LogP contribution in [0.4, 0.5) is 11.4 Å². The topological polar surface area (TPSA) is 88.0 Å². The Morgan fingerprint density at radius 2 is 2.00 bits per heavy atom. The maximum Gasteiger partial charge on any atom is 0.276 e. The van der Waals surface area contributed by atoms with Gasteiger partial charge in [0.2, 0.25) is 5.91 Å². The lowest BCUT2D eigenvalue weighted by Crippen LogP contribution is -2.32. The molecule has 1 saturated heterocycles. The van der Waals surface area contributed by atoms with E-state index in [-0.39, 0.29) is 17.9 Å². The van der Waals surface area contributed by atoms with Gasteiger partial charge in [0.05, 0.1) is 6.04 Å². The van der Waals surface area contributed by atoms with Gasteiger partial charge in [0, 0.05) is 29.5 Å². The molecule has 1 aliphatic rings. The highest BCUT2D eigenvalue weighted by atomic mass is 16.2. The zero-order valence-corrected chi connectivity index (χ0v) is 17.0. The minimum absolute atomic E-state index is 0.0755. The quantitative estimate of drug-likeness (QED) is 0.755. The number of hydrogen-bond acceptors (Lipinski definition) is 4. The number of aryl methyl sites for hydroxylation is 1. The number of carbonyl (C=O) groups excluding carboxylic acids is 2. The summed E-state index contributed by atoms with van der Waals surface area (Å²) in [5.74, 6) is -0.335. The average molecular weight is 383 g/mol. The fourth-order valence-corrected chi connectivity index (χ4v) is 3.06. The van der Waals surface area contributed by atoms with Gasteiger partial charge in [-0.25, -0.2) is 0 Å². The van der Waals surface area contributed by atoms with Crippen molar-refractivity contribution in [3.63, 3.8) is 0 Å². The molecule has 7 nitrogen and oxygen atoms in total. The molecule has 3 rings (SSSR count). The van der Waals surface area contributed by atoms with Crippen LogP contribution >= 0.6 is 0 Å². The van der Waals surface area contributed by atoms with Gasteiger partial charge in [-0.3, -0.25) is 14.3 Å². The number of benzene rings is 1. The number of nitrogens with one attached hydrogen (secondary N) is 3. The Morgan fingerprint density at radius 1 is 1.21 bits per heavy atom. The molecule has 150 valence electrons. The first-order chi connectivity index (χ1) is 13.2. The molecule has 1 atom stereocenters. The van der Waals surface area contributed by atoms with Crippen LogP contribution in [0, 0.1) is 12.3 Å². The van der Waals surface area contributed by atoms with Crippen molar-refractivity contribution in [2.45, 2.75) is 46.6 Å². The third-order valence-electron chi connectivity index (χ3n) is 4.91. The minimum atomic E-state index is -0.491. The third kappa shape index (κ3) is 4.78. The number of carbonyl (C=O) groups is 2. The predicted molar refractivity (Wildman–Crippen MR) is 111 cm³/mol. The predicted octanol–water partition coefficient (Wildman–Crippen LogP) is 3.35.